The highest BCUT2D eigenvalue weighted by atomic mass is 32.1. The predicted octanol–water partition coefficient (Wildman–Crippen LogP) is 5.75. The van der Waals surface area contributed by atoms with Crippen molar-refractivity contribution >= 4 is 34.5 Å². The molecule has 200 valence electrons. The van der Waals surface area contributed by atoms with Gasteiger partial charge >= 0.3 is 0 Å². The highest BCUT2D eigenvalue weighted by Crippen LogP contribution is 2.24. The van der Waals surface area contributed by atoms with Crippen molar-refractivity contribution in [3.63, 3.8) is 0 Å². The van der Waals surface area contributed by atoms with Crippen LogP contribution in [0.25, 0.3) is 11.1 Å². The van der Waals surface area contributed by atoms with Gasteiger partial charge < -0.3 is 15.5 Å². The Labute approximate surface area is 237 Å². The highest BCUT2D eigenvalue weighted by molar-refractivity contribution is 7.13. The van der Waals surface area contributed by atoms with Crippen LogP contribution in [0.3, 0.4) is 0 Å². The van der Waals surface area contributed by atoms with E-state index < -0.39 is 0 Å². The lowest BCUT2D eigenvalue weighted by atomic mass is 10.0. The number of amides is 2. The molecule has 0 saturated heterocycles. The van der Waals surface area contributed by atoms with Crippen molar-refractivity contribution in [1.29, 1.82) is 0 Å². The van der Waals surface area contributed by atoms with E-state index in [4.69, 9.17) is 0 Å². The third-order valence-electron chi connectivity index (χ3n) is 6.30. The Bertz CT molecular complexity index is 1480. The molecule has 8 heteroatoms. The average molecular weight is 548 g/mol. The minimum Gasteiger partial charge on any atom is -0.352 e. The van der Waals surface area contributed by atoms with Gasteiger partial charge in [-0.3, -0.25) is 9.59 Å². The molecule has 0 bridgehead atoms. The first-order chi connectivity index (χ1) is 19.7. The molecule has 0 unspecified atom stereocenters. The quantitative estimate of drug-likeness (QED) is 0.220. The summed E-state index contributed by atoms with van der Waals surface area (Å²) in [6, 6.07) is 37.7. The lowest BCUT2D eigenvalue weighted by molar-refractivity contribution is 0.0946. The minimum absolute atomic E-state index is 0.150. The number of para-hydroxylation sites is 2. The normalized spacial score (nSPS) is 10.6. The molecule has 40 heavy (non-hydrogen) atoms. The van der Waals surface area contributed by atoms with Crippen molar-refractivity contribution in [2.45, 2.75) is 6.42 Å². The van der Waals surface area contributed by atoms with E-state index in [1.165, 1.54) is 11.3 Å². The van der Waals surface area contributed by atoms with E-state index in [1.807, 2.05) is 115 Å². The third kappa shape index (κ3) is 6.98. The van der Waals surface area contributed by atoms with E-state index in [0.717, 1.165) is 22.5 Å². The molecule has 7 nitrogen and oxygen atoms in total. The van der Waals surface area contributed by atoms with Crippen LogP contribution in [0.2, 0.25) is 0 Å². The molecular formula is C32H29N5O2S. The van der Waals surface area contributed by atoms with Gasteiger partial charge in [-0.25, -0.2) is 0 Å². The zero-order chi connectivity index (χ0) is 27.6. The third-order valence-corrected chi connectivity index (χ3v) is 7.28. The van der Waals surface area contributed by atoms with Gasteiger partial charge in [0, 0.05) is 43.0 Å². The maximum absolute atomic E-state index is 12.7. The van der Waals surface area contributed by atoms with Crippen LogP contribution in [-0.2, 0) is 6.42 Å². The van der Waals surface area contributed by atoms with Crippen molar-refractivity contribution in [3.8, 4) is 11.1 Å². The van der Waals surface area contributed by atoms with E-state index in [9.17, 15) is 9.59 Å². The fourth-order valence-electron chi connectivity index (χ4n) is 4.26. The maximum atomic E-state index is 12.7. The first-order valence-electron chi connectivity index (χ1n) is 13.1. The van der Waals surface area contributed by atoms with Gasteiger partial charge in [-0.1, -0.05) is 90.2 Å². The van der Waals surface area contributed by atoms with E-state index in [1.54, 1.807) is 0 Å². The van der Waals surface area contributed by atoms with Gasteiger partial charge in [0.05, 0.1) is 0 Å². The molecule has 5 aromatic rings. The number of carbonyl (C=O) groups excluding carboxylic acids is 2. The zero-order valence-corrected chi connectivity index (χ0v) is 22.7. The molecule has 0 aliphatic rings. The number of anilines is 2. The first-order valence-corrected chi connectivity index (χ1v) is 13.9. The Hall–Kier alpha value is -4.82. The van der Waals surface area contributed by atoms with Crippen molar-refractivity contribution in [2.24, 2.45) is 0 Å². The predicted molar refractivity (Wildman–Crippen MR) is 160 cm³/mol. The average Bonchev–Trinajstić information content (AvgIpc) is 3.50. The lowest BCUT2D eigenvalue weighted by Gasteiger charge is -2.25. The molecule has 0 aliphatic heterocycles. The molecular weight excluding hydrogens is 518 g/mol. The molecule has 0 spiro atoms. The summed E-state index contributed by atoms with van der Waals surface area (Å²) in [5.74, 6) is -0.407. The smallest absolute Gasteiger partial charge is 0.282 e. The van der Waals surface area contributed by atoms with Gasteiger partial charge in [0.25, 0.3) is 11.8 Å². The topological polar surface area (TPSA) is 87.2 Å². The summed E-state index contributed by atoms with van der Waals surface area (Å²) in [5.41, 5.74) is 4.86. The second-order valence-corrected chi connectivity index (χ2v) is 10.1. The van der Waals surface area contributed by atoms with Crippen LogP contribution in [0, 0.1) is 0 Å². The number of carbonyl (C=O) groups is 2. The van der Waals surface area contributed by atoms with Gasteiger partial charge in [0.2, 0.25) is 5.01 Å². The van der Waals surface area contributed by atoms with Crippen molar-refractivity contribution < 1.29 is 9.59 Å². The van der Waals surface area contributed by atoms with Crippen LogP contribution in [0.15, 0.2) is 115 Å². The summed E-state index contributed by atoms with van der Waals surface area (Å²) >= 11 is 1.24. The van der Waals surface area contributed by atoms with E-state index in [2.05, 4.69) is 25.7 Å². The molecule has 0 saturated carbocycles. The van der Waals surface area contributed by atoms with Gasteiger partial charge in [-0.2, -0.15) is 0 Å². The Kier molecular flexibility index (Phi) is 8.91. The van der Waals surface area contributed by atoms with E-state index in [-0.39, 0.29) is 11.8 Å². The molecule has 0 radical (unpaired) electrons. The highest BCUT2D eigenvalue weighted by Gasteiger charge is 2.15. The molecule has 2 N–H and O–H groups in total. The Balaban J connectivity index is 1.09. The maximum Gasteiger partial charge on any atom is 0.282 e. The second kappa shape index (κ2) is 13.3. The summed E-state index contributed by atoms with van der Waals surface area (Å²) in [4.78, 5) is 27.4. The number of rotatable bonds is 11. The SMILES string of the molecule is O=C(NCCc1nnc(C(=O)NCCN(c2ccccc2)c2ccccc2)s1)c1ccc(-c2ccccc2)cc1. The lowest BCUT2D eigenvalue weighted by Crippen LogP contribution is -2.32. The number of benzene rings is 4. The van der Waals surface area contributed by atoms with Crippen LogP contribution in [0.4, 0.5) is 11.4 Å². The Morgan fingerprint density at radius 3 is 1.80 bits per heavy atom. The van der Waals surface area contributed by atoms with Crippen molar-refractivity contribution in [3.05, 3.63) is 131 Å². The van der Waals surface area contributed by atoms with Crippen LogP contribution in [0.1, 0.15) is 25.2 Å². The number of nitrogens with zero attached hydrogens (tertiary/aromatic N) is 3. The summed E-state index contributed by atoms with van der Waals surface area (Å²) in [5, 5.41) is 15.1. The van der Waals surface area contributed by atoms with E-state index >= 15 is 0 Å². The molecule has 0 atom stereocenters. The first kappa shape index (κ1) is 26.8. The van der Waals surface area contributed by atoms with Crippen LogP contribution in [0.5, 0.6) is 0 Å². The Morgan fingerprint density at radius 2 is 1.18 bits per heavy atom. The van der Waals surface area contributed by atoms with Crippen LogP contribution >= 0.6 is 11.3 Å². The summed E-state index contributed by atoms with van der Waals surface area (Å²) in [6.45, 7) is 1.44. The molecule has 1 heterocycles. The molecule has 4 aromatic carbocycles. The van der Waals surface area contributed by atoms with E-state index in [0.29, 0.717) is 41.6 Å². The number of hydrogen-bond donors (Lipinski definition) is 2. The zero-order valence-electron chi connectivity index (χ0n) is 21.9. The molecule has 5 rings (SSSR count). The number of nitrogens with one attached hydrogen (secondary N) is 2. The van der Waals surface area contributed by atoms with Gasteiger partial charge in [-0.05, 0) is 47.5 Å². The number of hydrogen-bond acceptors (Lipinski definition) is 6. The fraction of sp³-hybridized carbons (Fsp3) is 0.125. The van der Waals surface area contributed by atoms with Gasteiger partial charge in [0.1, 0.15) is 5.01 Å². The minimum atomic E-state index is -0.257. The second-order valence-electron chi connectivity index (χ2n) is 9.03. The molecule has 0 fully saturated rings. The van der Waals surface area contributed by atoms with Crippen molar-refractivity contribution in [2.75, 3.05) is 24.5 Å². The largest absolute Gasteiger partial charge is 0.352 e. The summed E-state index contributed by atoms with van der Waals surface area (Å²) in [7, 11) is 0. The standard InChI is InChI=1S/C32H29N5O2S/c38-30(26-18-16-25(17-19-26)24-10-4-1-5-11-24)33-21-20-29-35-36-32(40-29)31(39)34-22-23-37(27-12-6-2-7-13-27)28-14-8-3-9-15-28/h1-19H,20-23H2,(H,33,38)(H,34,39). The molecule has 0 aliphatic carbocycles. The number of aromatic nitrogens is 2. The fourth-order valence-corrected chi connectivity index (χ4v) is 5.01. The Morgan fingerprint density at radius 1 is 0.625 bits per heavy atom. The summed E-state index contributed by atoms with van der Waals surface area (Å²) < 4.78 is 0. The van der Waals surface area contributed by atoms with Crippen LogP contribution in [-0.4, -0.2) is 41.6 Å². The van der Waals surface area contributed by atoms with Crippen molar-refractivity contribution in [1.82, 2.24) is 20.8 Å². The monoisotopic (exact) mass is 547 g/mol. The summed E-state index contributed by atoms with van der Waals surface area (Å²) in [6.07, 6.45) is 0.495. The molecule has 2 amide bonds. The van der Waals surface area contributed by atoms with Crippen LogP contribution < -0.4 is 15.5 Å². The molecule has 1 aromatic heterocycles. The van der Waals surface area contributed by atoms with Gasteiger partial charge in [0.15, 0.2) is 0 Å². The van der Waals surface area contributed by atoms with Gasteiger partial charge in [-0.15, -0.1) is 10.2 Å².